The van der Waals surface area contributed by atoms with E-state index in [9.17, 15) is 5.11 Å². The lowest BCUT2D eigenvalue weighted by Crippen LogP contribution is -2.51. The standard InChI is InChI=1S/C31H39FN4O/c1-34-17-19-36(20-18-34)24-27-21-26(11-12-30(27)37)22-33-31(28-9-5-6-10-29(28)32)13-15-35(16-14-31)23-25-7-3-2-4-8-25/h2-12,21,33,37H,13-20,22-24H2,1H3. The highest BCUT2D eigenvalue weighted by Crippen LogP contribution is 2.35. The van der Waals surface area contributed by atoms with Crippen LogP contribution in [0.1, 0.15) is 35.1 Å². The summed E-state index contributed by atoms with van der Waals surface area (Å²) in [6.07, 6.45) is 1.68. The monoisotopic (exact) mass is 502 g/mol. The Morgan fingerprint density at radius 1 is 0.784 bits per heavy atom. The highest BCUT2D eigenvalue weighted by atomic mass is 19.1. The second-order valence-electron chi connectivity index (χ2n) is 10.7. The molecular weight excluding hydrogens is 463 g/mol. The number of halogens is 1. The summed E-state index contributed by atoms with van der Waals surface area (Å²) >= 11 is 0. The zero-order valence-electron chi connectivity index (χ0n) is 21.9. The van der Waals surface area contributed by atoms with Crippen molar-refractivity contribution >= 4 is 0 Å². The van der Waals surface area contributed by atoms with Crippen molar-refractivity contribution < 1.29 is 9.50 Å². The Bertz CT molecular complexity index is 1150. The van der Waals surface area contributed by atoms with E-state index in [0.717, 1.165) is 81.9 Å². The average Bonchev–Trinajstić information content (AvgIpc) is 2.92. The largest absolute Gasteiger partial charge is 0.508 e. The number of piperidine rings is 1. The molecule has 0 atom stereocenters. The van der Waals surface area contributed by atoms with Crippen LogP contribution in [0.4, 0.5) is 4.39 Å². The molecule has 2 N–H and O–H groups in total. The quantitative estimate of drug-likeness (QED) is 0.473. The van der Waals surface area contributed by atoms with Crippen molar-refractivity contribution in [3.63, 3.8) is 0 Å². The molecule has 0 radical (unpaired) electrons. The van der Waals surface area contributed by atoms with E-state index in [1.807, 2.05) is 24.3 Å². The summed E-state index contributed by atoms with van der Waals surface area (Å²) in [6, 6.07) is 23.7. The number of rotatable bonds is 8. The number of benzene rings is 3. The predicted octanol–water partition coefficient (Wildman–Crippen LogP) is 4.56. The summed E-state index contributed by atoms with van der Waals surface area (Å²) < 4.78 is 15.1. The molecule has 3 aromatic carbocycles. The molecule has 37 heavy (non-hydrogen) atoms. The van der Waals surface area contributed by atoms with Crippen LogP contribution in [0.15, 0.2) is 72.8 Å². The number of aromatic hydroxyl groups is 1. The molecular formula is C31H39FN4O. The van der Waals surface area contributed by atoms with E-state index >= 15 is 4.39 Å². The van der Waals surface area contributed by atoms with Crippen molar-refractivity contribution in [1.29, 1.82) is 0 Å². The van der Waals surface area contributed by atoms with Crippen molar-refractivity contribution in [3.05, 3.63) is 101 Å². The van der Waals surface area contributed by atoms with Crippen LogP contribution in [-0.4, -0.2) is 66.1 Å². The Hall–Kier alpha value is -2.77. The first-order valence-corrected chi connectivity index (χ1v) is 13.5. The van der Waals surface area contributed by atoms with E-state index in [0.29, 0.717) is 12.3 Å². The lowest BCUT2D eigenvalue weighted by atomic mass is 9.80. The number of likely N-dealkylation sites (tertiary alicyclic amines) is 1. The maximum Gasteiger partial charge on any atom is 0.128 e. The van der Waals surface area contributed by atoms with Gasteiger partial charge in [-0.15, -0.1) is 0 Å². The average molecular weight is 503 g/mol. The fourth-order valence-electron chi connectivity index (χ4n) is 5.72. The molecule has 5 nitrogen and oxygen atoms in total. The summed E-state index contributed by atoms with van der Waals surface area (Å²) in [5.74, 6) is 0.202. The van der Waals surface area contributed by atoms with E-state index in [1.165, 1.54) is 5.56 Å². The molecule has 0 saturated carbocycles. The summed E-state index contributed by atoms with van der Waals surface area (Å²) in [7, 11) is 2.15. The smallest absolute Gasteiger partial charge is 0.128 e. The fourth-order valence-corrected chi connectivity index (χ4v) is 5.72. The van der Waals surface area contributed by atoms with Crippen molar-refractivity contribution in [2.24, 2.45) is 0 Å². The molecule has 0 aliphatic carbocycles. The third kappa shape index (κ3) is 6.39. The van der Waals surface area contributed by atoms with Gasteiger partial charge in [-0.25, -0.2) is 4.39 Å². The molecule has 2 aliphatic rings. The van der Waals surface area contributed by atoms with E-state index in [1.54, 1.807) is 18.2 Å². The van der Waals surface area contributed by atoms with Gasteiger partial charge >= 0.3 is 0 Å². The van der Waals surface area contributed by atoms with Crippen molar-refractivity contribution in [1.82, 2.24) is 20.0 Å². The van der Waals surface area contributed by atoms with Gasteiger partial charge in [0.05, 0.1) is 0 Å². The molecule has 0 unspecified atom stereocenters. The van der Waals surface area contributed by atoms with Gasteiger partial charge in [0, 0.05) is 75.6 Å². The van der Waals surface area contributed by atoms with Gasteiger partial charge in [0.25, 0.3) is 0 Å². The van der Waals surface area contributed by atoms with Gasteiger partial charge in [-0.05, 0) is 49.2 Å². The lowest BCUT2D eigenvalue weighted by Gasteiger charge is -2.43. The van der Waals surface area contributed by atoms with Crippen molar-refractivity contribution in [2.45, 2.75) is 38.0 Å². The summed E-state index contributed by atoms with van der Waals surface area (Å²) in [5, 5.41) is 14.3. The number of piperazine rings is 1. The Morgan fingerprint density at radius 3 is 2.19 bits per heavy atom. The van der Waals surface area contributed by atoms with E-state index in [2.05, 4.69) is 57.4 Å². The van der Waals surface area contributed by atoms with Gasteiger partial charge in [0.15, 0.2) is 0 Å². The molecule has 6 heteroatoms. The minimum atomic E-state index is -0.423. The molecule has 0 spiro atoms. The van der Waals surface area contributed by atoms with Gasteiger partial charge in [-0.3, -0.25) is 9.80 Å². The Labute approximate surface area is 220 Å². The van der Waals surface area contributed by atoms with Gasteiger partial charge in [0.1, 0.15) is 11.6 Å². The molecule has 2 saturated heterocycles. The predicted molar refractivity (Wildman–Crippen MR) is 147 cm³/mol. The van der Waals surface area contributed by atoms with E-state index in [-0.39, 0.29) is 5.82 Å². The Kier molecular flexibility index (Phi) is 8.20. The van der Waals surface area contributed by atoms with Crippen LogP contribution in [0.2, 0.25) is 0 Å². The number of hydrogen-bond donors (Lipinski definition) is 2. The molecule has 0 amide bonds. The molecule has 2 aliphatic heterocycles. The normalized spacial score (nSPS) is 19.2. The highest BCUT2D eigenvalue weighted by molar-refractivity contribution is 5.37. The first kappa shape index (κ1) is 25.9. The second kappa shape index (κ2) is 11.7. The molecule has 0 bridgehead atoms. The van der Waals surface area contributed by atoms with E-state index in [4.69, 9.17) is 0 Å². The molecule has 2 fully saturated rings. The molecule has 2 heterocycles. The topological polar surface area (TPSA) is 42.0 Å². The number of hydrogen-bond acceptors (Lipinski definition) is 5. The molecule has 0 aromatic heterocycles. The van der Waals surface area contributed by atoms with Gasteiger partial charge < -0.3 is 15.3 Å². The van der Waals surface area contributed by atoms with Crippen LogP contribution in [0, 0.1) is 5.82 Å². The minimum absolute atomic E-state index is 0.145. The fraction of sp³-hybridized carbons (Fsp3) is 0.419. The minimum Gasteiger partial charge on any atom is -0.508 e. The van der Waals surface area contributed by atoms with Crippen LogP contribution < -0.4 is 5.32 Å². The SMILES string of the molecule is CN1CCN(Cc2cc(CNC3(c4ccccc4F)CCN(Cc4ccccc4)CC3)ccc2O)CC1. The van der Waals surface area contributed by atoms with Crippen molar-refractivity contribution in [2.75, 3.05) is 46.3 Å². The first-order valence-electron chi connectivity index (χ1n) is 13.5. The zero-order valence-corrected chi connectivity index (χ0v) is 21.9. The zero-order chi connectivity index (χ0) is 25.7. The lowest BCUT2D eigenvalue weighted by molar-refractivity contribution is 0.124. The van der Waals surface area contributed by atoms with Crippen LogP contribution in [-0.2, 0) is 25.2 Å². The third-order valence-electron chi connectivity index (χ3n) is 8.11. The number of phenols is 1. The molecule has 196 valence electrons. The number of likely N-dealkylation sites (N-methyl/N-ethyl adjacent to an activating group) is 1. The maximum atomic E-state index is 15.1. The van der Waals surface area contributed by atoms with Crippen LogP contribution in [0.5, 0.6) is 5.75 Å². The van der Waals surface area contributed by atoms with Gasteiger partial charge in [0.2, 0.25) is 0 Å². The third-order valence-corrected chi connectivity index (χ3v) is 8.11. The summed E-state index contributed by atoms with van der Waals surface area (Å²) in [6.45, 7) is 8.22. The van der Waals surface area contributed by atoms with Gasteiger partial charge in [-0.1, -0.05) is 54.6 Å². The number of nitrogens with zero attached hydrogens (tertiary/aromatic N) is 3. The second-order valence-corrected chi connectivity index (χ2v) is 10.7. The summed E-state index contributed by atoms with van der Waals surface area (Å²) in [5.41, 5.74) is 3.72. The number of nitrogens with one attached hydrogen (secondary N) is 1. The van der Waals surface area contributed by atoms with Crippen LogP contribution in [0.3, 0.4) is 0 Å². The molecule has 5 rings (SSSR count). The molecule has 3 aromatic rings. The first-order chi connectivity index (χ1) is 18.0. The van der Waals surface area contributed by atoms with Gasteiger partial charge in [-0.2, -0.15) is 0 Å². The van der Waals surface area contributed by atoms with Crippen LogP contribution in [0.25, 0.3) is 0 Å². The van der Waals surface area contributed by atoms with E-state index < -0.39 is 5.54 Å². The Morgan fingerprint density at radius 2 is 1.46 bits per heavy atom. The highest BCUT2D eigenvalue weighted by Gasteiger charge is 2.37. The summed E-state index contributed by atoms with van der Waals surface area (Å²) in [4.78, 5) is 7.20. The maximum absolute atomic E-state index is 15.1. The van der Waals surface area contributed by atoms with Crippen molar-refractivity contribution in [3.8, 4) is 5.75 Å². The van der Waals surface area contributed by atoms with Crippen LogP contribution >= 0.6 is 0 Å². The Balaban J connectivity index is 1.29. The number of phenolic OH excluding ortho intramolecular Hbond substituents is 1.